The molecule has 3 aliphatic rings. The summed E-state index contributed by atoms with van der Waals surface area (Å²) in [5, 5.41) is 10.8. The van der Waals surface area contributed by atoms with Crippen LogP contribution in [0.15, 0.2) is 35.7 Å². The van der Waals surface area contributed by atoms with Gasteiger partial charge in [0.15, 0.2) is 10.8 Å². The van der Waals surface area contributed by atoms with Crippen LogP contribution >= 0.6 is 0 Å². The van der Waals surface area contributed by atoms with Gasteiger partial charge in [0.25, 0.3) is 10.0 Å². The van der Waals surface area contributed by atoms with Crippen LogP contribution in [0.3, 0.4) is 0 Å². The number of likely N-dealkylation sites (tertiary alicyclic amines) is 1. The van der Waals surface area contributed by atoms with Crippen molar-refractivity contribution in [2.75, 3.05) is 44.2 Å². The van der Waals surface area contributed by atoms with Crippen molar-refractivity contribution < 1.29 is 27.5 Å². The fraction of sp³-hybridized carbons (Fsp3) is 0.618. The van der Waals surface area contributed by atoms with Gasteiger partial charge in [-0.15, -0.1) is 0 Å². The van der Waals surface area contributed by atoms with E-state index in [1.165, 1.54) is 14.8 Å². The van der Waals surface area contributed by atoms with E-state index < -0.39 is 27.7 Å². The molecule has 2 N–H and O–H groups in total. The van der Waals surface area contributed by atoms with E-state index in [0.717, 1.165) is 43.4 Å². The molecular formula is C34H49N9O6S. The number of hydrogen-bond donors (Lipinski definition) is 2. The highest BCUT2D eigenvalue weighted by molar-refractivity contribution is 7.89. The molecule has 6 rings (SSSR count). The fourth-order valence-corrected chi connectivity index (χ4v) is 8.61. The molecule has 1 atom stereocenters. The number of anilines is 1. The predicted octanol–water partition coefficient (Wildman–Crippen LogP) is 3.41. The molecule has 15 nitrogen and oxygen atoms in total. The molecule has 0 spiro atoms. The van der Waals surface area contributed by atoms with E-state index in [0.29, 0.717) is 50.8 Å². The second-order valence-electron chi connectivity index (χ2n) is 14.9. The zero-order chi connectivity index (χ0) is 35.8. The van der Waals surface area contributed by atoms with Crippen LogP contribution in [0.1, 0.15) is 71.3 Å². The first-order valence-electron chi connectivity index (χ1n) is 17.5. The molecule has 3 aliphatic heterocycles. The number of nitrogens with zero attached hydrogens (tertiary/aromatic N) is 7. The maximum Gasteiger partial charge on any atom is 0.407 e. The van der Waals surface area contributed by atoms with E-state index in [2.05, 4.69) is 44.7 Å². The molecule has 1 aromatic carbocycles. The van der Waals surface area contributed by atoms with Gasteiger partial charge >= 0.3 is 12.1 Å². The third-order valence-electron chi connectivity index (χ3n) is 9.71. The number of aryl methyl sites for hydroxylation is 1. The number of piperidine rings is 2. The number of amides is 4. The quantitative estimate of drug-likeness (QED) is 0.339. The number of hydrogen-bond acceptors (Lipinski definition) is 9. The van der Waals surface area contributed by atoms with Gasteiger partial charge in [-0.2, -0.15) is 9.40 Å². The van der Waals surface area contributed by atoms with E-state index in [-0.39, 0.29) is 29.3 Å². The molecule has 0 bridgehead atoms. The van der Waals surface area contributed by atoms with Crippen molar-refractivity contribution in [2.24, 2.45) is 13.0 Å². The van der Waals surface area contributed by atoms with Crippen LogP contribution in [-0.4, -0.2) is 106 Å². The lowest BCUT2D eigenvalue weighted by Crippen LogP contribution is -2.49. The number of imide groups is 1. The van der Waals surface area contributed by atoms with Gasteiger partial charge in [-0.25, -0.2) is 23.0 Å². The molecule has 272 valence electrons. The van der Waals surface area contributed by atoms with Crippen LogP contribution in [-0.2, 0) is 33.1 Å². The van der Waals surface area contributed by atoms with E-state index in [9.17, 15) is 22.8 Å². The smallest absolute Gasteiger partial charge is 0.407 e. The third kappa shape index (κ3) is 8.13. The van der Waals surface area contributed by atoms with Gasteiger partial charge in [0.2, 0.25) is 5.91 Å². The molecule has 50 heavy (non-hydrogen) atoms. The lowest BCUT2D eigenvalue weighted by Gasteiger charge is -2.34. The molecule has 2 aromatic heterocycles. The normalized spacial score (nSPS) is 19.9. The topological polar surface area (TPSA) is 164 Å². The van der Waals surface area contributed by atoms with Gasteiger partial charge in [-0.3, -0.25) is 19.7 Å². The largest absolute Gasteiger partial charge is 0.444 e. The average Bonchev–Trinajstić information content (AvgIpc) is 3.65. The van der Waals surface area contributed by atoms with E-state index in [4.69, 9.17) is 4.74 Å². The number of rotatable bonds is 9. The Hall–Kier alpha value is -4.02. The monoisotopic (exact) mass is 711 g/mol. The first-order valence-corrected chi connectivity index (χ1v) is 18.9. The van der Waals surface area contributed by atoms with Crippen molar-refractivity contribution in [1.29, 1.82) is 0 Å². The number of carbonyl (C=O) groups excluding carboxylic acids is 3. The number of sulfonamides is 1. The second-order valence-corrected chi connectivity index (χ2v) is 16.8. The van der Waals surface area contributed by atoms with Gasteiger partial charge in [-0.1, -0.05) is 13.0 Å². The van der Waals surface area contributed by atoms with E-state index >= 15 is 0 Å². The van der Waals surface area contributed by atoms with Crippen LogP contribution in [0.25, 0.3) is 10.9 Å². The minimum Gasteiger partial charge on any atom is -0.444 e. The summed E-state index contributed by atoms with van der Waals surface area (Å²) >= 11 is 0. The minimum atomic E-state index is -3.73. The zero-order valence-electron chi connectivity index (χ0n) is 29.6. The molecule has 3 aromatic rings. The number of ether oxygens (including phenoxy) is 1. The highest BCUT2D eigenvalue weighted by Gasteiger charge is 2.33. The number of fused-ring (bicyclic) bond motifs is 1. The van der Waals surface area contributed by atoms with Crippen LogP contribution in [0, 0.1) is 5.92 Å². The van der Waals surface area contributed by atoms with Gasteiger partial charge in [-0.05, 0) is 89.1 Å². The van der Waals surface area contributed by atoms with Crippen molar-refractivity contribution in [3.63, 3.8) is 0 Å². The summed E-state index contributed by atoms with van der Waals surface area (Å²) in [4.78, 5) is 44.5. The Bertz CT molecular complexity index is 1830. The molecule has 3 saturated heterocycles. The lowest BCUT2D eigenvalue weighted by molar-refractivity contribution is -0.120. The minimum absolute atomic E-state index is 0.0517. The number of alkyl carbamates (subject to hydrolysis) is 1. The van der Waals surface area contributed by atoms with Crippen molar-refractivity contribution in [3.8, 4) is 0 Å². The summed E-state index contributed by atoms with van der Waals surface area (Å²) < 4.78 is 37.1. The molecule has 5 heterocycles. The SMILES string of the molecule is CC(CN1CCC(c2ccc3c(N4CCC(=O)NC4=O)nn(C)c3c2)CC1)Cn1cnc(S(=O)(=O)N2CCC(NC(=O)OC(C)(C)C)CC2)c1. The fourth-order valence-electron chi connectivity index (χ4n) is 7.20. The molecule has 0 radical (unpaired) electrons. The van der Waals surface area contributed by atoms with Crippen LogP contribution < -0.4 is 15.5 Å². The highest BCUT2D eigenvalue weighted by Crippen LogP contribution is 2.34. The molecule has 4 amide bonds. The summed E-state index contributed by atoms with van der Waals surface area (Å²) in [6, 6.07) is 5.78. The Morgan fingerprint density at radius 2 is 1.78 bits per heavy atom. The molecule has 1 unspecified atom stereocenters. The summed E-state index contributed by atoms with van der Waals surface area (Å²) in [7, 11) is -1.86. The lowest BCUT2D eigenvalue weighted by atomic mass is 9.88. The maximum atomic E-state index is 13.4. The van der Waals surface area contributed by atoms with Crippen molar-refractivity contribution in [1.82, 2.24) is 39.2 Å². The Labute approximate surface area is 293 Å². The number of imidazole rings is 1. The number of aromatic nitrogens is 4. The molecular weight excluding hydrogens is 662 g/mol. The number of carbonyl (C=O) groups is 3. The first-order chi connectivity index (χ1) is 23.7. The van der Waals surface area contributed by atoms with Crippen LogP contribution in [0.2, 0.25) is 0 Å². The summed E-state index contributed by atoms with van der Waals surface area (Å²) in [5.74, 6) is 1.01. The Kier molecular flexibility index (Phi) is 10.2. The molecule has 16 heteroatoms. The van der Waals surface area contributed by atoms with Crippen molar-refractivity contribution >= 4 is 44.8 Å². The van der Waals surface area contributed by atoms with Gasteiger partial charge in [0.1, 0.15) is 5.60 Å². The van der Waals surface area contributed by atoms with Gasteiger partial charge < -0.3 is 19.5 Å². The van der Waals surface area contributed by atoms with Gasteiger partial charge in [0.05, 0.1) is 11.8 Å². The summed E-state index contributed by atoms with van der Waals surface area (Å²) in [6.45, 7) is 12.0. The van der Waals surface area contributed by atoms with Crippen molar-refractivity contribution in [2.45, 2.75) is 88.9 Å². The van der Waals surface area contributed by atoms with Crippen LogP contribution in [0.5, 0.6) is 0 Å². The van der Waals surface area contributed by atoms with Crippen molar-refractivity contribution in [3.05, 3.63) is 36.3 Å². The zero-order valence-corrected chi connectivity index (χ0v) is 30.4. The highest BCUT2D eigenvalue weighted by atomic mass is 32.2. The van der Waals surface area contributed by atoms with E-state index in [1.54, 1.807) is 38.0 Å². The number of benzene rings is 1. The summed E-state index contributed by atoms with van der Waals surface area (Å²) in [5.41, 5.74) is 1.63. The standard InChI is InChI=1S/C34H49N9O6S/c1-23(20-41-21-30(35-22-41)50(47,48)42-15-10-26(11-16-42)36-33(46)49-34(2,3)4)19-40-13-8-24(9-14-40)25-6-7-27-28(18-25)39(5)38-31(27)43-17-12-29(44)37-32(43)45/h6-7,18,21-24,26H,8-17,19-20H2,1-5H3,(H,36,46)(H,37,44,45). The second kappa shape index (κ2) is 14.3. The number of nitrogens with one attached hydrogen (secondary N) is 2. The van der Waals surface area contributed by atoms with Crippen LogP contribution in [0.4, 0.5) is 15.4 Å². The molecule has 3 fully saturated rings. The predicted molar refractivity (Wildman–Crippen MR) is 187 cm³/mol. The first kappa shape index (κ1) is 35.8. The Balaban J connectivity index is 0.975. The maximum absolute atomic E-state index is 13.4. The Morgan fingerprint density at radius 1 is 1.06 bits per heavy atom. The molecule has 0 saturated carbocycles. The average molecular weight is 712 g/mol. The third-order valence-corrected chi connectivity index (χ3v) is 11.5. The molecule has 0 aliphatic carbocycles. The Morgan fingerprint density at radius 3 is 2.46 bits per heavy atom. The number of urea groups is 1. The van der Waals surface area contributed by atoms with Gasteiger partial charge in [0, 0.05) is 63.8 Å². The summed E-state index contributed by atoms with van der Waals surface area (Å²) in [6.07, 6.45) is 6.06. The van der Waals surface area contributed by atoms with E-state index in [1.807, 2.05) is 17.7 Å².